The predicted molar refractivity (Wildman–Crippen MR) is 67.4 cm³/mol. The van der Waals surface area contributed by atoms with Crippen LogP contribution in [0, 0.1) is 0 Å². The third-order valence-electron chi connectivity index (χ3n) is 2.23. The lowest BCUT2D eigenvalue weighted by molar-refractivity contribution is 0.485. The fourth-order valence-electron chi connectivity index (χ4n) is 1.43. The number of rotatable bonds is 7. The molecule has 15 heavy (non-hydrogen) atoms. The lowest BCUT2D eigenvalue weighted by Crippen LogP contribution is -2.27. The second-order valence-electron chi connectivity index (χ2n) is 3.70. The van der Waals surface area contributed by atoms with E-state index >= 15 is 0 Å². The van der Waals surface area contributed by atoms with Crippen molar-refractivity contribution < 1.29 is 4.42 Å². The molecule has 1 unspecified atom stereocenters. The summed E-state index contributed by atoms with van der Waals surface area (Å²) in [5, 5.41) is 3.40. The Balaban J connectivity index is 2.19. The first-order chi connectivity index (χ1) is 7.26. The minimum Gasteiger partial charge on any atom is -0.465 e. The zero-order valence-corrected chi connectivity index (χ0v) is 10.7. The molecule has 1 atom stereocenters. The van der Waals surface area contributed by atoms with Gasteiger partial charge in [-0.3, -0.25) is 0 Å². The van der Waals surface area contributed by atoms with Gasteiger partial charge in [-0.2, -0.15) is 11.8 Å². The highest BCUT2D eigenvalue weighted by molar-refractivity contribution is 7.98. The maximum atomic E-state index is 5.63. The molecular weight excluding hydrogens is 206 g/mol. The van der Waals surface area contributed by atoms with Crippen LogP contribution in [0.1, 0.15) is 32.3 Å². The van der Waals surface area contributed by atoms with Crippen molar-refractivity contribution in [1.82, 2.24) is 5.32 Å². The fraction of sp³-hybridized carbons (Fsp3) is 0.667. The number of nitrogens with one attached hydrogen (secondary N) is 1. The van der Waals surface area contributed by atoms with Crippen molar-refractivity contribution in [3.8, 4) is 0 Å². The number of hydrogen-bond donors (Lipinski definition) is 1. The van der Waals surface area contributed by atoms with Crippen LogP contribution in [0.25, 0.3) is 0 Å². The summed E-state index contributed by atoms with van der Waals surface area (Å²) in [6.45, 7) is 7.52. The first kappa shape index (κ1) is 12.7. The van der Waals surface area contributed by atoms with E-state index in [1.807, 2.05) is 11.8 Å². The Morgan fingerprint density at radius 3 is 2.67 bits per heavy atom. The maximum Gasteiger partial charge on any atom is 0.114 e. The van der Waals surface area contributed by atoms with Gasteiger partial charge in [0.1, 0.15) is 11.5 Å². The van der Waals surface area contributed by atoms with Gasteiger partial charge in [-0.15, -0.1) is 0 Å². The Morgan fingerprint density at radius 1 is 1.33 bits per heavy atom. The summed E-state index contributed by atoms with van der Waals surface area (Å²) in [4.78, 5) is 0. The Kier molecular flexibility index (Phi) is 5.88. The van der Waals surface area contributed by atoms with E-state index in [2.05, 4.69) is 38.2 Å². The van der Waals surface area contributed by atoms with Gasteiger partial charge in [0.2, 0.25) is 0 Å². The van der Waals surface area contributed by atoms with E-state index < -0.39 is 0 Å². The van der Waals surface area contributed by atoms with Gasteiger partial charge in [-0.05, 0) is 25.6 Å². The molecule has 3 heteroatoms. The van der Waals surface area contributed by atoms with Crippen LogP contribution in [0.4, 0.5) is 0 Å². The summed E-state index contributed by atoms with van der Waals surface area (Å²) in [5.41, 5.74) is 0. The Hall–Kier alpha value is -0.410. The van der Waals surface area contributed by atoms with Crippen molar-refractivity contribution in [1.29, 1.82) is 0 Å². The van der Waals surface area contributed by atoms with Crippen molar-refractivity contribution in [2.45, 2.75) is 39.0 Å². The van der Waals surface area contributed by atoms with E-state index in [1.54, 1.807) is 0 Å². The third kappa shape index (κ3) is 4.76. The Bertz CT molecular complexity index is 272. The van der Waals surface area contributed by atoms with Gasteiger partial charge in [0, 0.05) is 18.2 Å². The van der Waals surface area contributed by atoms with Gasteiger partial charge in [-0.25, -0.2) is 0 Å². The summed E-state index contributed by atoms with van der Waals surface area (Å²) >= 11 is 1.92. The smallest absolute Gasteiger partial charge is 0.114 e. The molecule has 0 aliphatic heterocycles. The molecule has 0 spiro atoms. The minimum absolute atomic E-state index is 0.584. The van der Waals surface area contributed by atoms with Gasteiger partial charge < -0.3 is 9.73 Å². The van der Waals surface area contributed by atoms with Gasteiger partial charge in [0.05, 0.1) is 5.75 Å². The number of hydrogen-bond acceptors (Lipinski definition) is 3. The highest BCUT2D eigenvalue weighted by Gasteiger charge is 2.03. The van der Waals surface area contributed by atoms with Crippen LogP contribution in [0.2, 0.25) is 0 Å². The second-order valence-corrected chi connectivity index (χ2v) is 4.73. The van der Waals surface area contributed by atoms with Crippen LogP contribution < -0.4 is 5.32 Å². The molecule has 2 nitrogen and oxygen atoms in total. The lowest BCUT2D eigenvalue weighted by atomic mass is 10.4. The average molecular weight is 227 g/mol. The largest absolute Gasteiger partial charge is 0.465 e. The van der Waals surface area contributed by atoms with Gasteiger partial charge >= 0.3 is 0 Å². The molecule has 0 amide bonds. The minimum atomic E-state index is 0.584. The third-order valence-corrected chi connectivity index (χ3v) is 3.45. The molecule has 0 bridgehead atoms. The number of furan rings is 1. The van der Waals surface area contributed by atoms with E-state index in [-0.39, 0.29) is 0 Å². The molecule has 0 aromatic carbocycles. The highest BCUT2D eigenvalue weighted by atomic mass is 32.2. The van der Waals surface area contributed by atoms with Gasteiger partial charge in [0.15, 0.2) is 0 Å². The molecule has 1 aromatic heterocycles. The summed E-state index contributed by atoms with van der Waals surface area (Å²) in [6, 6.07) is 4.74. The maximum absolute atomic E-state index is 5.63. The van der Waals surface area contributed by atoms with Crippen LogP contribution in [-0.2, 0) is 12.2 Å². The van der Waals surface area contributed by atoms with Crippen LogP contribution in [0.5, 0.6) is 0 Å². The molecule has 1 rings (SSSR count). The monoisotopic (exact) mass is 227 g/mol. The van der Waals surface area contributed by atoms with Crippen molar-refractivity contribution in [2.24, 2.45) is 0 Å². The molecule has 0 saturated heterocycles. The summed E-state index contributed by atoms with van der Waals surface area (Å²) < 4.78 is 5.63. The molecular formula is C12H21NOS. The summed E-state index contributed by atoms with van der Waals surface area (Å²) in [5.74, 6) is 4.30. The lowest BCUT2D eigenvalue weighted by Gasteiger charge is -2.10. The van der Waals surface area contributed by atoms with Gasteiger partial charge in [-0.1, -0.05) is 13.8 Å². The fourth-order valence-corrected chi connectivity index (χ4v) is 2.38. The van der Waals surface area contributed by atoms with Crippen molar-refractivity contribution in [3.05, 3.63) is 23.7 Å². The predicted octanol–water partition coefficient (Wildman–Crippen LogP) is 3.07. The Labute approximate surface area is 96.8 Å². The zero-order valence-electron chi connectivity index (χ0n) is 9.88. The van der Waals surface area contributed by atoms with Crippen LogP contribution in [0.3, 0.4) is 0 Å². The van der Waals surface area contributed by atoms with E-state index in [0.29, 0.717) is 6.04 Å². The summed E-state index contributed by atoms with van der Waals surface area (Å²) in [6.07, 6.45) is 0.985. The number of aryl methyl sites for hydroxylation is 1. The van der Waals surface area contributed by atoms with Crippen LogP contribution >= 0.6 is 11.8 Å². The molecule has 0 fully saturated rings. The van der Waals surface area contributed by atoms with Crippen LogP contribution in [-0.4, -0.2) is 18.3 Å². The molecule has 0 aliphatic carbocycles. The topological polar surface area (TPSA) is 25.2 Å². The molecule has 1 aromatic rings. The zero-order chi connectivity index (χ0) is 11.1. The second kappa shape index (κ2) is 6.96. The van der Waals surface area contributed by atoms with Crippen molar-refractivity contribution >= 4 is 11.8 Å². The van der Waals surface area contributed by atoms with Crippen LogP contribution in [0.15, 0.2) is 16.5 Å². The van der Waals surface area contributed by atoms with E-state index in [0.717, 1.165) is 36.0 Å². The summed E-state index contributed by atoms with van der Waals surface area (Å²) in [7, 11) is 0. The SMILES string of the molecule is CCNC(C)CSCc1ccc(CC)o1. The van der Waals surface area contributed by atoms with Crippen molar-refractivity contribution in [3.63, 3.8) is 0 Å². The highest BCUT2D eigenvalue weighted by Crippen LogP contribution is 2.16. The van der Waals surface area contributed by atoms with E-state index in [4.69, 9.17) is 4.42 Å². The average Bonchev–Trinajstić information content (AvgIpc) is 2.66. The first-order valence-electron chi connectivity index (χ1n) is 5.65. The molecule has 0 radical (unpaired) electrons. The molecule has 1 N–H and O–H groups in total. The van der Waals surface area contributed by atoms with E-state index in [1.165, 1.54) is 0 Å². The molecule has 86 valence electrons. The molecule has 0 aliphatic rings. The van der Waals surface area contributed by atoms with Gasteiger partial charge in [0.25, 0.3) is 0 Å². The standard InChI is InChI=1S/C12H21NOS/c1-4-11-6-7-12(14-11)9-15-8-10(3)13-5-2/h6-7,10,13H,4-5,8-9H2,1-3H3. The Morgan fingerprint density at radius 2 is 2.07 bits per heavy atom. The first-order valence-corrected chi connectivity index (χ1v) is 6.80. The van der Waals surface area contributed by atoms with Crippen molar-refractivity contribution in [2.75, 3.05) is 12.3 Å². The molecule has 0 saturated carbocycles. The number of thioether (sulfide) groups is 1. The van der Waals surface area contributed by atoms with E-state index in [9.17, 15) is 0 Å². The quantitative estimate of drug-likeness (QED) is 0.775. The molecule has 1 heterocycles. The normalized spacial score (nSPS) is 13.0.